The number of ether oxygens (including phenoxy) is 2. The summed E-state index contributed by atoms with van der Waals surface area (Å²) in [6.07, 6.45) is 0.666. The molecule has 1 atom stereocenters. The van der Waals surface area contributed by atoms with E-state index in [4.69, 9.17) is 15.2 Å². The summed E-state index contributed by atoms with van der Waals surface area (Å²) in [5.41, 5.74) is 6.36. The van der Waals surface area contributed by atoms with Crippen LogP contribution in [0.1, 0.15) is 32.8 Å². The minimum absolute atomic E-state index is 0.105. The van der Waals surface area contributed by atoms with E-state index in [1.165, 1.54) is 0 Å². The highest BCUT2D eigenvalue weighted by Gasteiger charge is 2.34. The van der Waals surface area contributed by atoms with Crippen molar-refractivity contribution in [3.8, 4) is 0 Å². The number of carbonyl (C=O) groups is 2. The number of nitrogens with two attached hydrogens (primary N) is 1. The Morgan fingerprint density at radius 2 is 1.74 bits per heavy atom. The third-order valence-corrected chi connectivity index (χ3v) is 6.12. The van der Waals surface area contributed by atoms with Crippen molar-refractivity contribution in [1.29, 1.82) is 0 Å². The maximum atomic E-state index is 12.4. The average molecular weight is 510 g/mol. The van der Waals surface area contributed by atoms with Gasteiger partial charge in [-0.05, 0) is 45.0 Å². The van der Waals surface area contributed by atoms with Gasteiger partial charge in [0.25, 0.3) is 10.0 Å². The molecule has 2 heterocycles. The fraction of sp³-hybridized carbons (Fsp3) is 0.609. The normalized spacial score (nSPS) is 20.7. The highest BCUT2D eigenvalue weighted by Crippen LogP contribution is 2.23. The van der Waals surface area contributed by atoms with Crippen molar-refractivity contribution in [2.75, 3.05) is 57.0 Å². The number of hydrogen-bond donors (Lipinski definition) is 1. The first-order valence-electron chi connectivity index (χ1n) is 11.6. The molecule has 2 saturated heterocycles. The van der Waals surface area contributed by atoms with E-state index >= 15 is 0 Å². The molecule has 2 fully saturated rings. The second-order valence-corrected chi connectivity index (χ2v) is 11.5. The number of amides is 1. The molecular formula is C23H35N5O6S. The molecule has 2 aliphatic heterocycles. The van der Waals surface area contributed by atoms with Gasteiger partial charge in [0, 0.05) is 50.5 Å². The van der Waals surface area contributed by atoms with Crippen molar-refractivity contribution in [2.24, 2.45) is 10.1 Å². The number of benzene rings is 1. The molecule has 0 spiro atoms. The van der Waals surface area contributed by atoms with Crippen LogP contribution in [-0.4, -0.2) is 99.9 Å². The van der Waals surface area contributed by atoms with Gasteiger partial charge < -0.3 is 20.1 Å². The van der Waals surface area contributed by atoms with Gasteiger partial charge in [0.1, 0.15) is 17.5 Å². The molecule has 1 amide bonds. The second kappa shape index (κ2) is 10.9. The van der Waals surface area contributed by atoms with Crippen LogP contribution >= 0.6 is 0 Å². The fourth-order valence-electron chi connectivity index (χ4n) is 4.00. The molecule has 194 valence electrons. The number of carbonyl (C=O) groups excluding carboxylic acids is 2. The first kappa shape index (κ1) is 26.9. The molecule has 1 aromatic rings. The number of piperazine rings is 1. The molecule has 0 saturated carbocycles. The van der Waals surface area contributed by atoms with Crippen LogP contribution in [0.2, 0.25) is 0 Å². The SMILES string of the molecule is CC(C)(C)OC(=O)CCN1CCN(CC2CN(c3ccc(C(N)=NS(C)(=O)=O)cc3)C(=O)O2)CC1. The lowest BCUT2D eigenvalue weighted by atomic mass is 10.2. The summed E-state index contributed by atoms with van der Waals surface area (Å²) >= 11 is 0. The predicted molar refractivity (Wildman–Crippen MR) is 133 cm³/mol. The number of amidine groups is 1. The summed E-state index contributed by atoms with van der Waals surface area (Å²) in [5, 5.41) is 0. The van der Waals surface area contributed by atoms with Crippen LogP contribution in [0, 0.1) is 0 Å². The van der Waals surface area contributed by atoms with Crippen LogP contribution in [0.25, 0.3) is 0 Å². The molecule has 1 aromatic carbocycles. The summed E-state index contributed by atoms with van der Waals surface area (Å²) in [4.78, 5) is 30.4. The lowest BCUT2D eigenvalue weighted by Gasteiger charge is -2.35. The van der Waals surface area contributed by atoms with Crippen molar-refractivity contribution >= 4 is 33.6 Å². The minimum atomic E-state index is -3.59. The van der Waals surface area contributed by atoms with Gasteiger partial charge in [-0.2, -0.15) is 0 Å². The van der Waals surface area contributed by atoms with Crippen LogP contribution in [0.15, 0.2) is 28.7 Å². The van der Waals surface area contributed by atoms with Gasteiger partial charge in [-0.3, -0.25) is 14.6 Å². The molecule has 12 heteroatoms. The highest BCUT2D eigenvalue weighted by molar-refractivity contribution is 7.89. The third-order valence-electron chi connectivity index (χ3n) is 5.59. The molecule has 0 aromatic heterocycles. The Kier molecular flexibility index (Phi) is 8.39. The Bertz CT molecular complexity index is 1040. The van der Waals surface area contributed by atoms with Gasteiger partial charge >= 0.3 is 12.1 Å². The predicted octanol–water partition coefficient (Wildman–Crippen LogP) is 1.03. The fourth-order valence-corrected chi connectivity index (χ4v) is 4.46. The molecule has 11 nitrogen and oxygen atoms in total. The largest absolute Gasteiger partial charge is 0.460 e. The first-order valence-corrected chi connectivity index (χ1v) is 13.4. The molecule has 3 rings (SSSR count). The van der Waals surface area contributed by atoms with Crippen LogP contribution in [-0.2, 0) is 24.3 Å². The Morgan fingerprint density at radius 1 is 1.14 bits per heavy atom. The van der Waals surface area contributed by atoms with Crippen LogP contribution in [0.5, 0.6) is 0 Å². The molecule has 1 unspecified atom stereocenters. The molecule has 2 aliphatic rings. The zero-order valence-electron chi connectivity index (χ0n) is 20.8. The average Bonchev–Trinajstić information content (AvgIpc) is 3.11. The number of anilines is 1. The minimum Gasteiger partial charge on any atom is -0.460 e. The van der Waals surface area contributed by atoms with E-state index in [1.807, 2.05) is 20.8 Å². The maximum Gasteiger partial charge on any atom is 0.414 e. The number of rotatable bonds is 8. The number of cyclic esters (lactones) is 1. The Hall–Kier alpha value is -2.70. The van der Waals surface area contributed by atoms with Crippen molar-refractivity contribution in [2.45, 2.75) is 38.9 Å². The van der Waals surface area contributed by atoms with Crippen molar-refractivity contribution in [1.82, 2.24) is 9.80 Å². The number of sulfonamides is 1. The Labute approximate surface area is 206 Å². The van der Waals surface area contributed by atoms with E-state index in [2.05, 4.69) is 14.2 Å². The number of esters is 1. The molecule has 2 N–H and O–H groups in total. The molecule has 0 radical (unpaired) electrons. The van der Waals surface area contributed by atoms with Gasteiger partial charge in [-0.15, -0.1) is 4.40 Å². The highest BCUT2D eigenvalue weighted by atomic mass is 32.2. The summed E-state index contributed by atoms with van der Waals surface area (Å²) in [5.74, 6) is -0.289. The third kappa shape index (κ3) is 8.48. The van der Waals surface area contributed by atoms with Crippen molar-refractivity contribution in [3.63, 3.8) is 0 Å². The molecular weight excluding hydrogens is 474 g/mol. The lowest BCUT2D eigenvalue weighted by molar-refractivity contribution is -0.155. The van der Waals surface area contributed by atoms with Gasteiger partial charge in [-0.25, -0.2) is 13.2 Å². The van der Waals surface area contributed by atoms with Gasteiger partial charge in [0.15, 0.2) is 0 Å². The Balaban J connectivity index is 1.46. The standard InChI is InChI=1S/C23H35N5O6S/c1-23(2,3)34-20(29)9-10-26-11-13-27(14-12-26)15-19-16-28(22(30)33-19)18-7-5-17(6-8-18)21(24)25-35(4,31)32/h5-8,19H,9-16H2,1-4H3,(H2,24,25). The van der Waals surface area contributed by atoms with Crippen molar-refractivity contribution < 1.29 is 27.5 Å². The summed E-state index contributed by atoms with van der Waals surface area (Å²) in [6.45, 7) is 10.7. The van der Waals surface area contributed by atoms with Gasteiger partial charge in [-0.1, -0.05) is 0 Å². The van der Waals surface area contributed by atoms with E-state index in [0.29, 0.717) is 37.3 Å². The number of hydrogen-bond acceptors (Lipinski definition) is 8. The molecule has 35 heavy (non-hydrogen) atoms. The quantitative estimate of drug-likeness (QED) is 0.310. The maximum absolute atomic E-state index is 12.4. The Morgan fingerprint density at radius 3 is 2.31 bits per heavy atom. The summed E-state index contributed by atoms with van der Waals surface area (Å²) in [7, 11) is -3.59. The van der Waals surface area contributed by atoms with Crippen molar-refractivity contribution in [3.05, 3.63) is 29.8 Å². The lowest BCUT2D eigenvalue weighted by Crippen LogP contribution is -2.49. The van der Waals surface area contributed by atoms with E-state index in [1.54, 1.807) is 29.2 Å². The molecule has 0 aliphatic carbocycles. The summed E-state index contributed by atoms with van der Waals surface area (Å²) < 4.78 is 37.0. The van der Waals surface area contributed by atoms with Crippen LogP contribution in [0.3, 0.4) is 0 Å². The van der Waals surface area contributed by atoms with Gasteiger partial charge in [0.2, 0.25) is 0 Å². The summed E-state index contributed by atoms with van der Waals surface area (Å²) in [6, 6.07) is 6.62. The molecule has 0 bridgehead atoms. The van der Waals surface area contributed by atoms with E-state index in [0.717, 1.165) is 32.4 Å². The topological polar surface area (TPSA) is 135 Å². The van der Waals surface area contributed by atoms with Gasteiger partial charge in [0.05, 0.1) is 19.2 Å². The van der Waals surface area contributed by atoms with Crippen LogP contribution in [0.4, 0.5) is 10.5 Å². The van der Waals surface area contributed by atoms with E-state index < -0.39 is 21.7 Å². The smallest absolute Gasteiger partial charge is 0.414 e. The second-order valence-electron chi connectivity index (χ2n) is 9.85. The zero-order valence-corrected chi connectivity index (χ0v) is 21.6. The van der Waals surface area contributed by atoms with E-state index in [9.17, 15) is 18.0 Å². The van der Waals surface area contributed by atoms with E-state index in [-0.39, 0.29) is 17.9 Å². The first-order chi connectivity index (χ1) is 16.3. The monoisotopic (exact) mass is 509 g/mol. The zero-order chi connectivity index (χ0) is 25.8. The number of nitrogens with zero attached hydrogens (tertiary/aromatic N) is 4. The van der Waals surface area contributed by atoms with Crippen LogP contribution < -0.4 is 10.6 Å².